The summed E-state index contributed by atoms with van der Waals surface area (Å²) in [6.07, 6.45) is 4.08. The van der Waals surface area contributed by atoms with Crippen molar-refractivity contribution in [1.82, 2.24) is 10.2 Å². The Kier molecular flexibility index (Phi) is 4.20. The van der Waals surface area contributed by atoms with Crippen LogP contribution in [0.25, 0.3) is 0 Å². The number of hydrogen-bond donors (Lipinski definition) is 1. The maximum Gasteiger partial charge on any atom is -0.00166 e. The Labute approximate surface area is 82.7 Å². The number of nitrogens with one attached hydrogen (secondary N) is 1. The van der Waals surface area contributed by atoms with Crippen LogP contribution in [-0.4, -0.2) is 38.1 Å². The van der Waals surface area contributed by atoms with Crippen LogP contribution in [0, 0.1) is 5.41 Å². The molecule has 13 heavy (non-hydrogen) atoms. The molecular formula is C11H24N2. The van der Waals surface area contributed by atoms with Gasteiger partial charge in [0.25, 0.3) is 0 Å². The quantitative estimate of drug-likeness (QED) is 0.669. The van der Waals surface area contributed by atoms with E-state index in [0.29, 0.717) is 5.41 Å². The lowest BCUT2D eigenvalue weighted by Gasteiger charge is -2.38. The summed E-state index contributed by atoms with van der Waals surface area (Å²) in [5, 5.41) is 3.42. The van der Waals surface area contributed by atoms with Gasteiger partial charge in [-0.15, -0.1) is 0 Å². The summed E-state index contributed by atoms with van der Waals surface area (Å²) < 4.78 is 0. The Balaban J connectivity index is 2.22. The fraction of sp³-hybridized carbons (Fsp3) is 1.00. The molecule has 1 aliphatic rings. The minimum absolute atomic E-state index is 0.606. The SMILES string of the molecule is CCNCCC1(C)CCN(C)CC1. The molecule has 0 amide bonds. The fourth-order valence-electron chi connectivity index (χ4n) is 1.98. The van der Waals surface area contributed by atoms with E-state index in [9.17, 15) is 0 Å². The average molecular weight is 184 g/mol. The predicted molar refractivity (Wildman–Crippen MR) is 58.0 cm³/mol. The molecule has 0 aromatic heterocycles. The van der Waals surface area contributed by atoms with Gasteiger partial charge in [-0.2, -0.15) is 0 Å². The standard InChI is InChI=1S/C11H24N2/c1-4-12-8-5-11(2)6-9-13(3)10-7-11/h12H,4-10H2,1-3H3. The molecule has 2 nitrogen and oxygen atoms in total. The van der Waals surface area contributed by atoms with E-state index in [4.69, 9.17) is 0 Å². The molecule has 0 radical (unpaired) electrons. The summed E-state index contributed by atoms with van der Waals surface area (Å²) in [7, 11) is 2.23. The van der Waals surface area contributed by atoms with Gasteiger partial charge in [0.15, 0.2) is 0 Å². The van der Waals surface area contributed by atoms with E-state index in [0.717, 1.165) is 6.54 Å². The van der Waals surface area contributed by atoms with Gasteiger partial charge in [0, 0.05) is 0 Å². The van der Waals surface area contributed by atoms with Gasteiger partial charge in [0.05, 0.1) is 0 Å². The zero-order valence-corrected chi connectivity index (χ0v) is 9.40. The van der Waals surface area contributed by atoms with Crippen LogP contribution in [0.3, 0.4) is 0 Å². The predicted octanol–water partition coefficient (Wildman–Crippen LogP) is 1.72. The molecule has 0 atom stereocenters. The van der Waals surface area contributed by atoms with Crippen molar-refractivity contribution >= 4 is 0 Å². The molecule has 0 saturated carbocycles. The van der Waals surface area contributed by atoms with Crippen LogP contribution in [-0.2, 0) is 0 Å². The molecule has 0 aliphatic carbocycles. The summed E-state index contributed by atoms with van der Waals surface area (Å²) in [6, 6.07) is 0. The lowest BCUT2D eigenvalue weighted by molar-refractivity contribution is 0.130. The van der Waals surface area contributed by atoms with Crippen molar-refractivity contribution in [3.8, 4) is 0 Å². The Morgan fingerprint density at radius 2 is 1.92 bits per heavy atom. The van der Waals surface area contributed by atoms with E-state index in [1.54, 1.807) is 0 Å². The first-order chi connectivity index (χ1) is 6.16. The third kappa shape index (κ3) is 3.65. The van der Waals surface area contributed by atoms with Crippen molar-refractivity contribution in [3.63, 3.8) is 0 Å². The molecule has 1 N–H and O–H groups in total. The molecule has 0 bridgehead atoms. The van der Waals surface area contributed by atoms with Gasteiger partial charge in [-0.25, -0.2) is 0 Å². The summed E-state index contributed by atoms with van der Waals surface area (Å²) in [4.78, 5) is 2.44. The normalized spacial score (nSPS) is 23.3. The summed E-state index contributed by atoms with van der Waals surface area (Å²) in [5.41, 5.74) is 0.606. The van der Waals surface area contributed by atoms with Gasteiger partial charge in [0.1, 0.15) is 0 Å². The molecule has 78 valence electrons. The topological polar surface area (TPSA) is 15.3 Å². The lowest BCUT2D eigenvalue weighted by Crippen LogP contribution is -2.37. The van der Waals surface area contributed by atoms with Crippen LogP contribution in [0.2, 0.25) is 0 Å². The van der Waals surface area contributed by atoms with Crippen LogP contribution in [0.1, 0.15) is 33.1 Å². The lowest BCUT2D eigenvalue weighted by atomic mass is 9.78. The molecular weight excluding hydrogens is 160 g/mol. The Bertz CT molecular complexity index is 137. The van der Waals surface area contributed by atoms with Gasteiger partial charge < -0.3 is 10.2 Å². The second-order valence-electron chi connectivity index (χ2n) is 4.72. The van der Waals surface area contributed by atoms with Crippen LogP contribution in [0.5, 0.6) is 0 Å². The molecule has 1 fully saturated rings. The Morgan fingerprint density at radius 3 is 2.46 bits per heavy atom. The van der Waals surface area contributed by atoms with E-state index in [-0.39, 0.29) is 0 Å². The van der Waals surface area contributed by atoms with Crippen LogP contribution in [0.4, 0.5) is 0 Å². The maximum atomic E-state index is 3.42. The molecule has 1 saturated heterocycles. The van der Waals surface area contributed by atoms with Crippen LogP contribution < -0.4 is 5.32 Å². The number of hydrogen-bond acceptors (Lipinski definition) is 2. The van der Waals surface area contributed by atoms with E-state index in [1.807, 2.05) is 0 Å². The molecule has 2 heteroatoms. The van der Waals surface area contributed by atoms with E-state index in [2.05, 4.69) is 31.1 Å². The first kappa shape index (κ1) is 11.0. The van der Waals surface area contributed by atoms with Crippen molar-refractivity contribution < 1.29 is 0 Å². The molecule has 1 rings (SSSR count). The molecule has 0 aromatic carbocycles. The monoisotopic (exact) mass is 184 g/mol. The number of rotatable bonds is 4. The highest BCUT2D eigenvalue weighted by molar-refractivity contribution is 4.81. The molecule has 0 spiro atoms. The summed E-state index contributed by atoms with van der Waals surface area (Å²) in [6.45, 7) is 9.48. The van der Waals surface area contributed by atoms with Gasteiger partial charge >= 0.3 is 0 Å². The number of piperidine rings is 1. The number of nitrogens with zero attached hydrogens (tertiary/aromatic N) is 1. The first-order valence-corrected chi connectivity index (χ1v) is 5.55. The molecule has 0 aromatic rings. The largest absolute Gasteiger partial charge is 0.317 e. The third-order valence-electron chi connectivity index (χ3n) is 3.35. The zero-order valence-electron chi connectivity index (χ0n) is 9.40. The highest BCUT2D eigenvalue weighted by Crippen LogP contribution is 2.33. The van der Waals surface area contributed by atoms with Crippen molar-refractivity contribution in [2.45, 2.75) is 33.1 Å². The molecule has 0 unspecified atom stereocenters. The van der Waals surface area contributed by atoms with Gasteiger partial charge in [-0.1, -0.05) is 13.8 Å². The smallest absolute Gasteiger partial charge is 0.00166 e. The van der Waals surface area contributed by atoms with Crippen molar-refractivity contribution in [3.05, 3.63) is 0 Å². The third-order valence-corrected chi connectivity index (χ3v) is 3.35. The van der Waals surface area contributed by atoms with E-state index >= 15 is 0 Å². The van der Waals surface area contributed by atoms with Gasteiger partial charge in [-0.3, -0.25) is 0 Å². The first-order valence-electron chi connectivity index (χ1n) is 5.55. The van der Waals surface area contributed by atoms with Crippen molar-refractivity contribution in [2.75, 3.05) is 33.2 Å². The van der Waals surface area contributed by atoms with E-state index < -0.39 is 0 Å². The zero-order chi connectivity index (χ0) is 9.73. The molecule has 1 aliphatic heterocycles. The highest BCUT2D eigenvalue weighted by Gasteiger charge is 2.27. The summed E-state index contributed by atoms with van der Waals surface area (Å²) >= 11 is 0. The average Bonchev–Trinajstić information content (AvgIpc) is 2.12. The summed E-state index contributed by atoms with van der Waals surface area (Å²) in [5.74, 6) is 0. The Morgan fingerprint density at radius 1 is 1.31 bits per heavy atom. The Hall–Kier alpha value is -0.0800. The van der Waals surface area contributed by atoms with Crippen LogP contribution >= 0.6 is 0 Å². The van der Waals surface area contributed by atoms with Gasteiger partial charge in [0.2, 0.25) is 0 Å². The highest BCUT2D eigenvalue weighted by atomic mass is 15.1. The second-order valence-corrected chi connectivity index (χ2v) is 4.72. The maximum absolute atomic E-state index is 3.42. The number of likely N-dealkylation sites (tertiary alicyclic amines) is 1. The van der Waals surface area contributed by atoms with Crippen molar-refractivity contribution in [1.29, 1.82) is 0 Å². The molecule has 1 heterocycles. The van der Waals surface area contributed by atoms with Crippen molar-refractivity contribution in [2.24, 2.45) is 5.41 Å². The van der Waals surface area contributed by atoms with Crippen LogP contribution in [0.15, 0.2) is 0 Å². The minimum Gasteiger partial charge on any atom is -0.317 e. The minimum atomic E-state index is 0.606. The van der Waals surface area contributed by atoms with Gasteiger partial charge in [-0.05, 0) is 57.9 Å². The van der Waals surface area contributed by atoms with E-state index in [1.165, 1.54) is 38.9 Å². The second kappa shape index (κ2) is 4.97. The fourth-order valence-corrected chi connectivity index (χ4v) is 1.98.